The van der Waals surface area contributed by atoms with Crippen LogP contribution in [0.4, 0.5) is 4.39 Å². The first-order chi connectivity index (χ1) is 11.7. The fourth-order valence-corrected chi connectivity index (χ4v) is 5.69. The average molecular weight is 392 g/mol. The second-order valence-corrected chi connectivity index (χ2v) is 10.2. The highest BCUT2D eigenvalue weighted by Crippen LogP contribution is 2.21. The van der Waals surface area contributed by atoms with Crippen LogP contribution in [0, 0.1) is 11.7 Å². The molecule has 0 saturated carbocycles. The van der Waals surface area contributed by atoms with Gasteiger partial charge in [-0.15, -0.1) is 0 Å². The average Bonchev–Trinajstić information content (AvgIpc) is 2.89. The fraction of sp³-hybridized carbons (Fsp3) is 0.533. The van der Waals surface area contributed by atoms with E-state index in [0.717, 1.165) is 0 Å². The molecule has 0 aromatic heterocycles. The van der Waals surface area contributed by atoms with E-state index < -0.39 is 31.6 Å². The summed E-state index contributed by atoms with van der Waals surface area (Å²) in [7, 11) is -6.53. The van der Waals surface area contributed by atoms with Crippen LogP contribution in [-0.2, 0) is 19.9 Å². The van der Waals surface area contributed by atoms with E-state index in [9.17, 15) is 26.0 Å². The summed E-state index contributed by atoms with van der Waals surface area (Å²) in [6.07, 6.45) is 0.808. The van der Waals surface area contributed by atoms with Crippen molar-refractivity contribution in [2.45, 2.75) is 12.8 Å². The second kappa shape index (κ2) is 8.24. The summed E-state index contributed by atoms with van der Waals surface area (Å²) in [4.78, 5) is 11.8. The minimum atomic E-state index is -3.52. The quantitative estimate of drug-likeness (QED) is 0.619. The summed E-state index contributed by atoms with van der Waals surface area (Å²) < 4.78 is 61.6. The Balaban J connectivity index is 1.68. The zero-order chi connectivity index (χ0) is 18.5. The number of benzene rings is 1. The highest BCUT2D eigenvalue weighted by Gasteiger charge is 2.28. The van der Waals surface area contributed by atoms with E-state index in [0.29, 0.717) is 12.8 Å². The van der Waals surface area contributed by atoms with Gasteiger partial charge in [0.05, 0.1) is 17.3 Å². The third-order valence-corrected chi connectivity index (χ3v) is 7.21. The number of sulfonamides is 1. The Bertz CT molecular complexity index is 807. The third kappa shape index (κ3) is 6.71. The van der Waals surface area contributed by atoms with Gasteiger partial charge in [0.25, 0.3) is 5.91 Å². The molecule has 1 aliphatic heterocycles. The van der Waals surface area contributed by atoms with Gasteiger partial charge in [0.2, 0.25) is 10.0 Å². The van der Waals surface area contributed by atoms with Crippen LogP contribution in [0.1, 0.15) is 23.2 Å². The predicted octanol–water partition coefficient (Wildman–Crippen LogP) is 0.300. The monoisotopic (exact) mass is 392 g/mol. The largest absolute Gasteiger partial charge is 0.351 e. The van der Waals surface area contributed by atoms with Gasteiger partial charge in [-0.1, -0.05) is 0 Å². The maximum Gasteiger partial charge on any atom is 0.251 e. The molecule has 1 heterocycles. The summed E-state index contributed by atoms with van der Waals surface area (Å²) >= 11 is 0. The molecule has 1 aliphatic rings. The third-order valence-electron chi connectivity index (χ3n) is 3.96. The lowest BCUT2D eigenvalue weighted by Crippen LogP contribution is -2.36. The number of halogens is 1. The van der Waals surface area contributed by atoms with Gasteiger partial charge in [-0.05, 0) is 43.0 Å². The molecule has 0 aliphatic carbocycles. The zero-order valence-electron chi connectivity index (χ0n) is 13.6. The minimum absolute atomic E-state index is 0.0260. The molecule has 2 rings (SSSR count). The number of carbonyl (C=O) groups excluding carboxylic acids is 1. The summed E-state index contributed by atoms with van der Waals surface area (Å²) in [6, 6.07) is 5.01. The molecule has 0 bridgehead atoms. The van der Waals surface area contributed by atoms with Crippen LogP contribution in [0.25, 0.3) is 0 Å². The van der Waals surface area contributed by atoms with Crippen molar-refractivity contribution in [3.8, 4) is 0 Å². The Labute approximate surface area is 147 Å². The molecule has 1 unspecified atom stereocenters. The first-order valence-electron chi connectivity index (χ1n) is 7.88. The van der Waals surface area contributed by atoms with Gasteiger partial charge in [-0.3, -0.25) is 4.79 Å². The molecule has 1 amide bonds. The predicted molar refractivity (Wildman–Crippen MR) is 91.9 cm³/mol. The van der Waals surface area contributed by atoms with Crippen molar-refractivity contribution in [2.24, 2.45) is 5.92 Å². The standard InChI is InChI=1S/C15H21FN2O5S2/c16-14-3-1-13(2-4-14)15(19)17-7-8-18-25(22,23)10-6-12-5-9-24(20,21)11-12/h1-4,12,18H,5-11H2,(H,17,19). The van der Waals surface area contributed by atoms with Crippen LogP contribution in [0.5, 0.6) is 0 Å². The number of carbonyl (C=O) groups is 1. The van der Waals surface area contributed by atoms with Gasteiger partial charge in [-0.25, -0.2) is 25.9 Å². The summed E-state index contributed by atoms with van der Waals surface area (Å²) in [6.45, 7) is 0.117. The normalized spacial score (nSPS) is 19.6. The van der Waals surface area contributed by atoms with Gasteiger partial charge in [0, 0.05) is 18.7 Å². The highest BCUT2D eigenvalue weighted by atomic mass is 32.2. The SMILES string of the molecule is O=C(NCCNS(=O)(=O)CCC1CCS(=O)(=O)C1)c1ccc(F)cc1. The Hall–Kier alpha value is -1.52. The molecule has 0 spiro atoms. The first-order valence-corrected chi connectivity index (χ1v) is 11.4. The second-order valence-electron chi connectivity index (χ2n) is 6.03. The maximum atomic E-state index is 12.8. The number of hydrogen-bond donors (Lipinski definition) is 2. The summed E-state index contributed by atoms with van der Waals surface area (Å²) in [5.74, 6) is -0.940. The number of nitrogens with one attached hydrogen (secondary N) is 2. The van der Waals surface area contributed by atoms with Gasteiger partial charge in [0.15, 0.2) is 9.84 Å². The van der Waals surface area contributed by atoms with E-state index in [1.54, 1.807) is 0 Å². The van der Waals surface area contributed by atoms with Crippen LogP contribution in [-0.4, -0.2) is 53.1 Å². The van der Waals surface area contributed by atoms with Crippen LogP contribution in [0.2, 0.25) is 0 Å². The summed E-state index contributed by atoms with van der Waals surface area (Å²) in [5.41, 5.74) is 0.284. The van der Waals surface area contributed by atoms with Crippen molar-refractivity contribution in [2.75, 3.05) is 30.3 Å². The van der Waals surface area contributed by atoms with E-state index in [1.165, 1.54) is 24.3 Å². The minimum Gasteiger partial charge on any atom is -0.351 e. The molecule has 1 fully saturated rings. The number of hydrogen-bond acceptors (Lipinski definition) is 5. The lowest BCUT2D eigenvalue weighted by Gasteiger charge is -2.10. The molecule has 10 heteroatoms. The number of amides is 1. The molecule has 1 aromatic carbocycles. The molecule has 0 radical (unpaired) electrons. The van der Waals surface area contributed by atoms with Crippen LogP contribution < -0.4 is 10.0 Å². The van der Waals surface area contributed by atoms with Crippen molar-refractivity contribution in [1.82, 2.24) is 10.0 Å². The Kier molecular flexibility index (Phi) is 6.53. The molecule has 7 nitrogen and oxygen atoms in total. The lowest BCUT2D eigenvalue weighted by molar-refractivity contribution is 0.0954. The smallest absolute Gasteiger partial charge is 0.251 e. The molecule has 2 N–H and O–H groups in total. The maximum absolute atomic E-state index is 12.8. The number of rotatable bonds is 8. The van der Waals surface area contributed by atoms with E-state index in [1.807, 2.05) is 0 Å². The summed E-state index contributed by atoms with van der Waals surface area (Å²) in [5, 5.41) is 2.53. The van der Waals surface area contributed by atoms with Crippen LogP contribution >= 0.6 is 0 Å². The fourth-order valence-electron chi connectivity index (χ4n) is 2.58. The lowest BCUT2D eigenvalue weighted by atomic mass is 10.1. The molecule has 1 aromatic rings. The van der Waals surface area contributed by atoms with E-state index in [2.05, 4.69) is 10.0 Å². The highest BCUT2D eigenvalue weighted by molar-refractivity contribution is 7.91. The topological polar surface area (TPSA) is 109 Å². The molecule has 1 saturated heterocycles. The van der Waals surface area contributed by atoms with Crippen molar-refractivity contribution < 1.29 is 26.0 Å². The Morgan fingerprint density at radius 2 is 1.88 bits per heavy atom. The van der Waals surface area contributed by atoms with Crippen molar-refractivity contribution in [3.63, 3.8) is 0 Å². The molecule has 140 valence electrons. The molecular weight excluding hydrogens is 371 g/mol. The molecule has 25 heavy (non-hydrogen) atoms. The number of sulfone groups is 1. The Morgan fingerprint density at radius 1 is 1.20 bits per heavy atom. The van der Waals surface area contributed by atoms with Crippen LogP contribution in [0.15, 0.2) is 24.3 Å². The van der Waals surface area contributed by atoms with E-state index in [4.69, 9.17) is 0 Å². The van der Waals surface area contributed by atoms with Gasteiger partial charge < -0.3 is 5.32 Å². The zero-order valence-corrected chi connectivity index (χ0v) is 15.2. The van der Waals surface area contributed by atoms with E-state index in [-0.39, 0.29) is 41.8 Å². The van der Waals surface area contributed by atoms with Crippen LogP contribution in [0.3, 0.4) is 0 Å². The molecular formula is C15H21FN2O5S2. The van der Waals surface area contributed by atoms with Crippen molar-refractivity contribution in [3.05, 3.63) is 35.6 Å². The van der Waals surface area contributed by atoms with Gasteiger partial charge >= 0.3 is 0 Å². The van der Waals surface area contributed by atoms with Gasteiger partial charge in [-0.2, -0.15) is 0 Å². The first kappa shape index (κ1) is 19.8. The molecule has 1 atom stereocenters. The van der Waals surface area contributed by atoms with Crippen molar-refractivity contribution >= 4 is 25.8 Å². The van der Waals surface area contributed by atoms with E-state index >= 15 is 0 Å². The Morgan fingerprint density at radius 3 is 2.48 bits per heavy atom. The van der Waals surface area contributed by atoms with Crippen molar-refractivity contribution in [1.29, 1.82) is 0 Å². The van der Waals surface area contributed by atoms with Gasteiger partial charge in [0.1, 0.15) is 5.82 Å².